The van der Waals surface area contributed by atoms with E-state index in [1.807, 2.05) is 48.9 Å². The van der Waals surface area contributed by atoms with Crippen molar-refractivity contribution in [3.05, 3.63) is 63.4 Å². The summed E-state index contributed by atoms with van der Waals surface area (Å²) >= 11 is 7.65. The molecule has 1 amide bonds. The number of carbonyl (C=O) groups excluding carboxylic acids is 1. The van der Waals surface area contributed by atoms with Crippen LogP contribution in [0.5, 0.6) is 0 Å². The minimum absolute atomic E-state index is 0.0637. The number of nitrogens with one attached hydrogen (secondary N) is 1. The highest BCUT2D eigenvalue weighted by molar-refractivity contribution is 7.15. The van der Waals surface area contributed by atoms with Crippen LogP contribution in [-0.4, -0.2) is 20.7 Å². The fourth-order valence-corrected chi connectivity index (χ4v) is 3.62. The van der Waals surface area contributed by atoms with E-state index >= 15 is 0 Å². The van der Waals surface area contributed by atoms with E-state index in [1.54, 1.807) is 6.20 Å². The SMILES string of the molecule is Cc1cc(C)n(CCC(=O)Nc2ncc(Cc3ccccc3Cl)s2)n1. The number of amides is 1. The van der Waals surface area contributed by atoms with E-state index in [1.165, 1.54) is 11.3 Å². The number of hydrogen-bond donors (Lipinski definition) is 1. The average Bonchev–Trinajstić information content (AvgIpc) is 3.13. The van der Waals surface area contributed by atoms with Gasteiger partial charge in [-0.25, -0.2) is 4.98 Å². The summed E-state index contributed by atoms with van der Waals surface area (Å²) in [6, 6.07) is 9.74. The number of hydrogen-bond acceptors (Lipinski definition) is 4. The lowest BCUT2D eigenvalue weighted by molar-refractivity contribution is -0.116. The molecule has 0 radical (unpaired) electrons. The normalized spacial score (nSPS) is 10.8. The Morgan fingerprint density at radius 3 is 2.84 bits per heavy atom. The Morgan fingerprint density at radius 1 is 1.32 bits per heavy atom. The van der Waals surface area contributed by atoms with Crippen LogP contribution in [0.4, 0.5) is 5.13 Å². The van der Waals surface area contributed by atoms with Gasteiger partial charge in [0.15, 0.2) is 5.13 Å². The van der Waals surface area contributed by atoms with E-state index in [0.717, 1.165) is 26.9 Å². The second kappa shape index (κ2) is 7.80. The zero-order chi connectivity index (χ0) is 17.8. The number of aryl methyl sites for hydroxylation is 3. The first-order valence-corrected chi connectivity index (χ1v) is 9.20. The van der Waals surface area contributed by atoms with E-state index in [2.05, 4.69) is 15.4 Å². The molecule has 0 atom stereocenters. The molecule has 0 spiro atoms. The molecule has 1 aromatic carbocycles. The smallest absolute Gasteiger partial charge is 0.228 e. The molecule has 0 aliphatic carbocycles. The first-order valence-electron chi connectivity index (χ1n) is 8.00. The second-order valence-corrected chi connectivity index (χ2v) is 7.37. The highest BCUT2D eigenvalue weighted by Crippen LogP contribution is 2.24. The number of nitrogens with zero attached hydrogens (tertiary/aromatic N) is 3. The van der Waals surface area contributed by atoms with Gasteiger partial charge in [-0.15, -0.1) is 11.3 Å². The van der Waals surface area contributed by atoms with Gasteiger partial charge in [0.2, 0.25) is 5.91 Å². The highest BCUT2D eigenvalue weighted by Gasteiger charge is 2.10. The largest absolute Gasteiger partial charge is 0.302 e. The van der Waals surface area contributed by atoms with Gasteiger partial charge in [0, 0.05) is 41.2 Å². The number of benzene rings is 1. The molecule has 0 saturated heterocycles. The van der Waals surface area contributed by atoms with Crippen LogP contribution in [0, 0.1) is 13.8 Å². The van der Waals surface area contributed by atoms with Crippen LogP contribution in [0.1, 0.15) is 28.2 Å². The predicted molar refractivity (Wildman–Crippen MR) is 101 cm³/mol. The van der Waals surface area contributed by atoms with Gasteiger partial charge in [-0.1, -0.05) is 29.8 Å². The van der Waals surface area contributed by atoms with Crippen molar-refractivity contribution in [1.29, 1.82) is 0 Å². The number of thiazole rings is 1. The fourth-order valence-electron chi connectivity index (χ4n) is 2.57. The summed E-state index contributed by atoms with van der Waals surface area (Å²) in [6.07, 6.45) is 2.85. The molecule has 0 bridgehead atoms. The minimum atomic E-state index is -0.0637. The van der Waals surface area contributed by atoms with Gasteiger partial charge in [0.25, 0.3) is 0 Å². The van der Waals surface area contributed by atoms with E-state index in [9.17, 15) is 4.79 Å². The first kappa shape index (κ1) is 17.6. The summed E-state index contributed by atoms with van der Waals surface area (Å²) in [5.74, 6) is -0.0637. The maximum absolute atomic E-state index is 12.1. The van der Waals surface area contributed by atoms with E-state index in [4.69, 9.17) is 11.6 Å². The maximum Gasteiger partial charge on any atom is 0.228 e. The zero-order valence-corrected chi connectivity index (χ0v) is 15.7. The molecule has 0 fully saturated rings. The molecule has 0 saturated carbocycles. The number of anilines is 1. The van der Waals surface area contributed by atoms with Crippen molar-refractivity contribution in [2.45, 2.75) is 33.2 Å². The molecule has 2 heterocycles. The lowest BCUT2D eigenvalue weighted by atomic mass is 10.1. The summed E-state index contributed by atoms with van der Waals surface area (Å²) in [4.78, 5) is 17.5. The lowest BCUT2D eigenvalue weighted by Gasteiger charge is -2.04. The van der Waals surface area contributed by atoms with Crippen molar-refractivity contribution >= 4 is 34.0 Å². The first-order chi connectivity index (χ1) is 12.0. The third-order valence-electron chi connectivity index (χ3n) is 3.78. The molecule has 0 aliphatic heterocycles. The molecule has 0 aliphatic rings. The van der Waals surface area contributed by atoms with Crippen LogP contribution in [0.2, 0.25) is 5.02 Å². The van der Waals surface area contributed by atoms with Crippen molar-refractivity contribution in [2.24, 2.45) is 0 Å². The highest BCUT2D eigenvalue weighted by atomic mass is 35.5. The van der Waals surface area contributed by atoms with Gasteiger partial charge in [0.05, 0.1) is 5.69 Å². The van der Waals surface area contributed by atoms with Crippen molar-refractivity contribution in [3.63, 3.8) is 0 Å². The molecule has 1 N–H and O–H groups in total. The standard InChI is InChI=1S/C18H19ClN4OS/c1-12-9-13(2)23(22-12)8-7-17(24)21-18-20-11-15(25-18)10-14-5-3-4-6-16(14)19/h3-6,9,11H,7-8,10H2,1-2H3,(H,20,21,24). The van der Waals surface area contributed by atoms with Gasteiger partial charge in [0.1, 0.15) is 0 Å². The summed E-state index contributed by atoms with van der Waals surface area (Å²) < 4.78 is 1.85. The minimum Gasteiger partial charge on any atom is -0.302 e. The van der Waals surface area contributed by atoms with Crippen LogP contribution in [0.3, 0.4) is 0 Å². The fraction of sp³-hybridized carbons (Fsp3) is 0.278. The Kier molecular flexibility index (Phi) is 5.50. The van der Waals surface area contributed by atoms with Gasteiger partial charge >= 0.3 is 0 Å². The van der Waals surface area contributed by atoms with Gasteiger partial charge in [-0.05, 0) is 31.5 Å². The number of aromatic nitrogens is 3. The topological polar surface area (TPSA) is 59.8 Å². The zero-order valence-electron chi connectivity index (χ0n) is 14.1. The molecular weight excluding hydrogens is 356 g/mol. The van der Waals surface area contributed by atoms with Crippen LogP contribution >= 0.6 is 22.9 Å². The molecule has 7 heteroatoms. The molecule has 2 aromatic heterocycles. The number of carbonyl (C=O) groups is 1. The number of rotatable bonds is 6. The van der Waals surface area contributed by atoms with E-state index in [0.29, 0.717) is 24.5 Å². The van der Waals surface area contributed by atoms with Crippen LogP contribution < -0.4 is 5.32 Å². The quantitative estimate of drug-likeness (QED) is 0.702. The molecule has 3 aromatic rings. The average molecular weight is 375 g/mol. The van der Waals surface area contributed by atoms with Gasteiger partial charge < -0.3 is 5.32 Å². The molecule has 5 nitrogen and oxygen atoms in total. The third kappa shape index (κ3) is 4.67. The number of halogens is 1. The van der Waals surface area contributed by atoms with Crippen molar-refractivity contribution < 1.29 is 4.79 Å². The molecule has 0 unspecified atom stereocenters. The Balaban J connectivity index is 1.55. The van der Waals surface area contributed by atoms with Crippen molar-refractivity contribution in [3.8, 4) is 0 Å². The summed E-state index contributed by atoms with van der Waals surface area (Å²) in [5, 5.41) is 8.57. The Morgan fingerprint density at radius 2 is 2.12 bits per heavy atom. The summed E-state index contributed by atoms with van der Waals surface area (Å²) in [5.41, 5.74) is 3.07. The van der Waals surface area contributed by atoms with Crippen LogP contribution in [0.25, 0.3) is 0 Å². The van der Waals surface area contributed by atoms with E-state index in [-0.39, 0.29) is 5.91 Å². The van der Waals surface area contributed by atoms with Crippen molar-refractivity contribution in [1.82, 2.24) is 14.8 Å². The van der Waals surface area contributed by atoms with Crippen LogP contribution in [-0.2, 0) is 17.8 Å². The molecular formula is C18H19ClN4OS. The predicted octanol–water partition coefficient (Wildman–Crippen LogP) is 4.23. The molecule has 130 valence electrons. The van der Waals surface area contributed by atoms with Crippen molar-refractivity contribution in [2.75, 3.05) is 5.32 Å². The molecule has 3 rings (SSSR count). The Bertz CT molecular complexity index is 887. The van der Waals surface area contributed by atoms with Gasteiger partial charge in [-0.2, -0.15) is 5.10 Å². The lowest BCUT2D eigenvalue weighted by Crippen LogP contribution is -2.15. The van der Waals surface area contributed by atoms with Gasteiger partial charge in [-0.3, -0.25) is 9.48 Å². The second-order valence-electron chi connectivity index (χ2n) is 5.85. The molecule has 25 heavy (non-hydrogen) atoms. The van der Waals surface area contributed by atoms with Crippen LogP contribution in [0.15, 0.2) is 36.5 Å². The summed E-state index contributed by atoms with van der Waals surface area (Å²) in [7, 11) is 0. The monoisotopic (exact) mass is 374 g/mol. The Hall–Kier alpha value is -2.18. The summed E-state index contributed by atoms with van der Waals surface area (Å²) in [6.45, 7) is 4.49. The Labute approximate surface area is 155 Å². The third-order valence-corrected chi connectivity index (χ3v) is 5.06. The van der Waals surface area contributed by atoms with E-state index < -0.39 is 0 Å². The maximum atomic E-state index is 12.1.